The lowest BCUT2D eigenvalue weighted by Crippen LogP contribution is -2.36. The third-order valence-electron chi connectivity index (χ3n) is 2.95. The first-order valence-corrected chi connectivity index (χ1v) is 6.16. The van der Waals surface area contributed by atoms with Crippen LogP contribution >= 0.6 is 0 Å². The van der Waals surface area contributed by atoms with Crippen molar-refractivity contribution < 1.29 is 27.0 Å². The number of nitrogens with one attached hydrogen (secondary N) is 1. The molecule has 0 aromatic heterocycles. The van der Waals surface area contributed by atoms with Crippen molar-refractivity contribution in [3.8, 4) is 5.75 Å². The largest absolute Gasteiger partial charge is 0.497 e. The van der Waals surface area contributed by atoms with Gasteiger partial charge in [-0.15, -0.1) is 0 Å². The van der Waals surface area contributed by atoms with Crippen LogP contribution < -0.4 is 16.0 Å². The maximum atomic E-state index is 12.7. The molecule has 21 heavy (non-hydrogen) atoms. The molecule has 1 aromatic rings. The molecule has 0 heterocycles. The highest BCUT2D eigenvalue weighted by Crippen LogP contribution is 2.25. The number of methoxy groups -OCH3 is 1. The molecule has 0 spiro atoms. The van der Waals surface area contributed by atoms with Crippen molar-refractivity contribution in [3.05, 3.63) is 29.3 Å². The van der Waals surface area contributed by atoms with E-state index in [0.29, 0.717) is 11.3 Å². The monoisotopic (exact) mass is 310 g/mol. The Morgan fingerprint density at radius 2 is 2.00 bits per heavy atom. The van der Waals surface area contributed by atoms with Gasteiger partial charge in [0, 0.05) is 0 Å². The Morgan fingerprint density at radius 1 is 1.33 bits per heavy atom. The molecule has 3 N–H and O–H groups in total. The molecule has 1 unspecified atom stereocenters. The Kier molecular flexibility index (Phi) is 6.38. The highest BCUT2D eigenvalue weighted by molar-refractivity contribution is 5.36. The first-order valence-electron chi connectivity index (χ1n) is 6.16. The Hall–Kier alpha value is -1.38. The third kappa shape index (κ3) is 4.83. The van der Waals surface area contributed by atoms with Crippen molar-refractivity contribution in [1.82, 2.24) is 5.43 Å². The summed E-state index contributed by atoms with van der Waals surface area (Å²) >= 11 is 0. The van der Waals surface area contributed by atoms with Gasteiger partial charge in [-0.2, -0.15) is 8.78 Å². The number of aryl methyl sites for hydroxylation is 1. The maximum Gasteiger partial charge on any atom is 0.330 e. The molecule has 1 aromatic carbocycles. The Morgan fingerprint density at radius 3 is 2.48 bits per heavy atom. The average molecular weight is 310 g/mol. The average Bonchev–Trinajstić information content (AvgIpc) is 2.43. The highest BCUT2D eigenvalue weighted by Gasteiger charge is 2.41. The Balaban J connectivity index is 2.67. The summed E-state index contributed by atoms with van der Waals surface area (Å²) in [6.45, 7) is 0.167. The molecule has 0 aliphatic heterocycles. The van der Waals surface area contributed by atoms with Crippen LogP contribution in [-0.4, -0.2) is 32.7 Å². The summed E-state index contributed by atoms with van der Waals surface area (Å²) in [5.74, 6) is 1.82. The number of rotatable bonds is 8. The van der Waals surface area contributed by atoms with Crippen LogP contribution in [0.1, 0.15) is 17.2 Å². The number of alkyl halides is 4. The molecule has 1 rings (SSSR count). The van der Waals surface area contributed by atoms with E-state index in [1.165, 1.54) is 7.11 Å². The van der Waals surface area contributed by atoms with E-state index in [0.717, 1.165) is 5.56 Å². The summed E-state index contributed by atoms with van der Waals surface area (Å²) in [6.07, 6.45) is -3.76. The Bertz CT molecular complexity index is 458. The predicted molar refractivity (Wildman–Crippen MR) is 69.6 cm³/mol. The van der Waals surface area contributed by atoms with Gasteiger partial charge in [0.25, 0.3) is 0 Å². The van der Waals surface area contributed by atoms with E-state index in [9.17, 15) is 17.6 Å². The molecular formula is C13H18F4N2O2. The van der Waals surface area contributed by atoms with Crippen molar-refractivity contribution in [1.29, 1.82) is 0 Å². The molecule has 1 atom stereocenters. The second-order valence-electron chi connectivity index (χ2n) is 4.52. The SMILES string of the molecule is COc1ccc(C(COCC(F)(F)C(F)F)NN)c(C)c1. The number of ether oxygens (including phenoxy) is 2. The van der Waals surface area contributed by atoms with Crippen LogP contribution in [0.15, 0.2) is 18.2 Å². The lowest BCUT2D eigenvalue weighted by molar-refractivity contribution is -0.167. The fourth-order valence-corrected chi connectivity index (χ4v) is 1.77. The van der Waals surface area contributed by atoms with Crippen LogP contribution in [0.25, 0.3) is 0 Å². The van der Waals surface area contributed by atoms with Crippen molar-refractivity contribution in [2.45, 2.75) is 25.3 Å². The minimum atomic E-state index is -4.17. The first kappa shape index (κ1) is 17.7. The van der Waals surface area contributed by atoms with E-state index in [4.69, 9.17) is 10.6 Å². The molecule has 0 amide bonds. The molecular weight excluding hydrogens is 292 g/mol. The molecule has 0 saturated carbocycles. The van der Waals surface area contributed by atoms with Gasteiger partial charge in [-0.1, -0.05) is 6.07 Å². The smallest absolute Gasteiger partial charge is 0.330 e. The lowest BCUT2D eigenvalue weighted by Gasteiger charge is -2.21. The summed E-state index contributed by atoms with van der Waals surface area (Å²) in [7, 11) is 1.52. The van der Waals surface area contributed by atoms with E-state index in [1.807, 2.05) is 0 Å². The van der Waals surface area contributed by atoms with E-state index in [2.05, 4.69) is 10.2 Å². The van der Waals surface area contributed by atoms with E-state index in [-0.39, 0.29) is 6.61 Å². The maximum absolute atomic E-state index is 12.7. The predicted octanol–water partition coefficient (Wildman–Crippen LogP) is 2.43. The topological polar surface area (TPSA) is 56.5 Å². The summed E-state index contributed by atoms with van der Waals surface area (Å²) in [5, 5.41) is 0. The van der Waals surface area contributed by atoms with Gasteiger partial charge in [0.05, 0.1) is 19.8 Å². The lowest BCUT2D eigenvalue weighted by atomic mass is 10.0. The molecule has 0 saturated heterocycles. The molecule has 0 aliphatic rings. The molecule has 0 bridgehead atoms. The first-order chi connectivity index (χ1) is 9.81. The number of hydrogen-bond donors (Lipinski definition) is 2. The summed E-state index contributed by atoms with van der Waals surface area (Å²) in [5.41, 5.74) is 3.93. The summed E-state index contributed by atoms with van der Waals surface area (Å²) in [4.78, 5) is 0. The van der Waals surface area contributed by atoms with Gasteiger partial charge in [-0.25, -0.2) is 8.78 Å². The van der Waals surface area contributed by atoms with Gasteiger partial charge in [-0.05, 0) is 30.2 Å². The highest BCUT2D eigenvalue weighted by atomic mass is 19.3. The minimum absolute atomic E-state index is 0.258. The van der Waals surface area contributed by atoms with E-state index >= 15 is 0 Å². The van der Waals surface area contributed by atoms with Gasteiger partial charge >= 0.3 is 12.3 Å². The van der Waals surface area contributed by atoms with Gasteiger partial charge in [0.15, 0.2) is 0 Å². The summed E-state index contributed by atoms with van der Waals surface area (Å²) in [6, 6.07) is 4.53. The van der Waals surface area contributed by atoms with Crippen LogP contribution in [-0.2, 0) is 4.74 Å². The third-order valence-corrected chi connectivity index (χ3v) is 2.95. The normalized spacial score (nSPS) is 13.5. The van der Waals surface area contributed by atoms with Crippen molar-refractivity contribution in [2.24, 2.45) is 5.84 Å². The Labute approximate surface area is 120 Å². The van der Waals surface area contributed by atoms with Crippen molar-refractivity contribution >= 4 is 0 Å². The molecule has 0 fully saturated rings. The number of benzene rings is 1. The van der Waals surface area contributed by atoms with Crippen LogP contribution in [0.5, 0.6) is 5.75 Å². The van der Waals surface area contributed by atoms with E-state index in [1.54, 1.807) is 25.1 Å². The number of hydrazine groups is 1. The second kappa shape index (κ2) is 7.58. The van der Waals surface area contributed by atoms with Gasteiger partial charge < -0.3 is 9.47 Å². The molecule has 120 valence electrons. The van der Waals surface area contributed by atoms with Crippen LogP contribution in [0.3, 0.4) is 0 Å². The minimum Gasteiger partial charge on any atom is -0.497 e. The van der Waals surface area contributed by atoms with Crippen molar-refractivity contribution in [3.63, 3.8) is 0 Å². The number of nitrogens with two attached hydrogens (primary N) is 1. The second-order valence-corrected chi connectivity index (χ2v) is 4.52. The molecule has 8 heteroatoms. The fraction of sp³-hybridized carbons (Fsp3) is 0.538. The number of halogens is 4. The summed E-state index contributed by atoms with van der Waals surface area (Å²) < 4.78 is 59.2. The van der Waals surface area contributed by atoms with Gasteiger partial charge in [0.2, 0.25) is 0 Å². The van der Waals surface area contributed by atoms with Crippen LogP contribution in [0.4, 0.5) is 17.6 Å². The quantitative estimate of drug-likeness (QED) is 0.440. The zero-order valence-corrected chi connectivity index (χ0v) is 11.7. The van der Waals surface area contributed by atoms with Crippen molar-refractivity contribution in [2.75, 3.05) is 20.3 Å². The van der Waals surface area contributed by atoms with Gasteiger partial charge in [0.1, 0.15) is 12.4 Å². The zero-order chi connectivity index (χ0) is 16.0. The molecule has 0 radical (unpaired) electrons. The zero-order valence-electron chi connectivity index (χ0n) is 11.7. The standard InChI is InChI=1S/C13H18F4N2O2/c1-8-5-9(20-2)3-4-10(8)11(19-18)6-21-7-13(16,17)12(14)15/h3-5,11-12,19H,6-7,18H2,1-2H3. The van der Waals surface area contributed by atoms with E-state index < -0.39 is 25.0 Å². The molecule has 4 nitrogen and oxygen atoms in total. The molecule has 0 aliphatic carbocycles. The fourth-order valence-electron chi connectivity index (χ4n) is 1.77. The van der Waals surface area contributed by atoms with Crippen LogP contribution in [0.2, 0.25) is 0 Å². The van der Waals surface area contributed by atoms with Crippen LogP contribution in [0, 0.1) is 6.92 Å². The van der Waals surface area contributed by atoms with Gasteiger partial charge in [-0.3, -0.25) is 11.3 Å². The number of hydrogen-bond acceptors (Lipinski definition) is 4.